The van der Waals surface area contributed by atoms with Crippen molar-refractivity contribution >= 4 is 6.08 Å². The first-order chi connectivity index (χ1) is 7.93. The van der Waals surface area contributed by atoms with E-state index in [0.717, 1.165) is 19.6 Å². The van der Waals surface area contributed by atoms with Crippen LogP contribution in [0.3, 0.4) is 0 Å². The van der Waals surface area contributed by atoms with Crippen molar-refractivity contribution in [1.82, 2.24) is 10.6 Å². The first kappa shape index (κ1) is 12.9. The fraction of sp³-hybridized carbons (Fsp3) is 0.385. The number of benzene rings is 1. The van der Waals surface area contributed by atoms with Crippen LogP contribution in [0.15, 0.2) is 36.4 Å². The molecule has 0 radical (unpaired) electrons. The van der Waals surface area contributed by atoms with Crippen LogP contribution < -0.4 is 10.6 Å². The molecule has 0 aromatic heterocycles. The van der Waals surface area contributed by atoms with E-state index >= 15 is 0 Å². The van der Waals surface area contributed by atoms with Crippen molar-refractivity contribution < 1.29 is 5.11 Å². The van der Waals surface area contributed by atoms with Crippen LogP contribution in [0.4, 0.5) is 0 Å². The summed E-state index contributed by atoms with van der Waals surface area (Å²) in [6.07, 6.45) is 4.22. The molecule has 0 amide bonds. The fourth-order valence-corrected chi connectivity index (χ4v) is 1.33. The Balaban J connectivity index is 2.01. The van der Waals surface area contributed by atoms with Crippen molar-refractivity contribution in [2.45, 2.75) is 0 Å². The van der Waals surface area contributed by atoms with Gasteiger partial charge in [0.2, 0.25) is 0 Å². The van der Waals surface area contributed by atoms with Gasteiger partial charge >= 0.3 is 0 Å². The van der Waals surface area contributed by atoms with Gasteiger partial charge in [-0.3, -0.25) is 0 Å². The lowest BCUT2D eigenvalue weighted by molar-refractivity contribution is 0.292. The molecule has 0 unspecified atom stereocenters. The average molecular weight is 220 g/mol. The maximum atomic E-state index is 8.54. The summed E-state index contributed by atoms with van der Waals surface area (Å²) in [6.45, 7) is 3.55. The van der Waals surface area contributed by atoms with Crippen LogP contribution >= 0.6 is 0 Å². The Bertz CT molecular complexity index is 285. The Morgan fingerprint density at radius 1 is 1.00 bits per heavy atom. The van der Waals surface area contributed by atoms with E-state index in [-0.39, 0.29) is 6.61 Å². The SMILES string of the molecule is OCCNCCNC/C=C/c1ccccc1. The summed E-state index contributed by atoms with van der Waals surface area (Å²) in [5, 5.41) is 14.9. The average Bonchev–Trinajstić information content (AvgIpc) is 2.34. The normalized spacial score (nSPS) is 11.1. The summed E-state index contributed by atoms with van der Waals surface area (Å²) in [6, 6.07) is 10.2. The second-order valence-corrected chi connectivity index (χ2v) is 3.49. The maximum absolute atomic E-state index is 8.54. The molecule has 0 spiro atoms. The molecule has 1 aromatic rings. The van der Waals surface area contributed by atoms with E-state index in [4.69, 9.17) is 5.11 Å². The Hall–Kier alpha value is -1.16. The van der Waals surface area contributed by atoms with Crippen LogP contribution in [0, 0.1) is 0 Å². The van der Waals surface area contributed by atoms with Gasteiger partial charge in [-0.15, -0.1) is 0 Å². The van der Waals surface area contributed by atoms with Gasteiger partial charge in [-0.2, -0.15) is 0 Å². The molecule has 3 N–H and O–H groups in total. The zero-order valence-corrected chi connectivity index (χ0v) is 9.52. The van der Waals surface area contributed by atoms with Crippen LogP contribution in [0.2, 0.25) is 0 Å². The van der Waals surface area contributed by atoms with Crippen LogP contribution in [0.1, 0.15) is 5.56 Å². The number of hydrogen-bond acceptors (Lipinski definition) is 3. The van der Waals surface area contributed by atoms with E-state index in [1.54, 1.807) is 0 Å². The molecule has 0 aliphatic carbocycles. The highest BCUT2D eigenvalue weighted by Crippen LogP contribution is 1.99. The molecular weight excluding hydrogens is 200 g/mol. The minimum Gasteiger partial charge on any atom is -0.395 e. The van der Waals surface area contributed by atoms with Crippen LogP contribution in [-0.2, 0) is 0 Å². The first-order valence-corrected chi connectivity index (χ1v) is 5.67. The predicted octanol–water partition coefficient (Wildman–Crippen LogP) is 0.871. The minimum atomic E-state index is 0.202. The van der Waals surface area contributed by atoms with Gasteiger partial charge in [-0.25, -0.2) is 0 Å². The lowest BCUT2D eigenvalue weighted by Gasteiger charge is -2.02. The summed E-state index contributed by atoms with van der Waals surface area (Å²) in [5.74, 6) is 0. The van der Waals surface area contributed by atoms with E-state index in [1.807, 2.05) is 18.2 Å². The largest absolute Gasteiger partial charge is 0.395 e. The van der Waals surface area contributed by atoms with Crippen LogP contribution in [0.5, 0.6) is 0 Å². The van der Waals surface area contributed by atoms with Gasteiger partial charge in [0.1, 0.15) is 0 Å². The van der Waals surface area contributed by atoms with Crippen molar-refractivity contribution in [2.24, 2.45) is 0 Å². The molecule has 1 rings (SSSR count). The highest BCUT2D eigenvalue weighted by Gasteiger charge is 1.85. The summed E-state index contributed by atoms with van der Waals surface area (Å²) in [4.78, 5) is 0. The third-order valence-electron chi connectivity index (χ3n) is 2.14. The highest BCUT2D eigenvalue weighted by molar-refractivity contribution is 5.48. The molecule has 88 valence electrons. The molecule has 3 nitrogen and oxygen atoms in total. The van der Waals surface area contributed by atoms with E-state index in [1.165, 1.54) is 5.56 Å². The lowest BCUT2D eigenvalue weighted by atomic mass is 10.2. The molecule has 0 heterocycles. The molecule has 0 aliphatic heterocycles. The van der Waals surface area contributed by atoms with E-state index in [0.29, 0.717) is 6.54 Å². The molecule has 16 heavy (non-hydrogen) atoms. The van der Waals surface area contributed by atoms with Crippen LogP contribution in [0.25, 0.3) is 6.08 Å². The summed E-state index contributed by atoms with van der Waals surface area (Å²) >= 11 is 0. The maximum Gasteiger partial charge on any atom is 0.0555 e. The zero-order chi connectivity index (χ0) is 11.5. The zero-order valence-electron chi connectivity index (χ0n) is 9.52. The predicted molar refractivity (Wildman–Crippen MR) is 68.3 cm³/mol. The van der Waals surface area contributed by atoms with Crippen molar-refractivity contribution in [3.05, 3.63) is 42.0 Å². The molecule has 1 aromatic carbocycles. The monoisotopic (exact) mass is 220 g/mol. The second kappa shape index (κ2) is 9.09. The molecule has 0 fully saturated rings. The molecule has 0 atom stereocenters. The number of aliphatic hydroxyl groups excluding tert-OH is 1. The topological polar surface area (TPSA) is 44.3 Å². The number of hydrogen-bond donors (Lipinski definition) is 3. The first-order valence-electron chi connectivity index (χ1n) is 5.67. The molecule has 0 saturated heterocycles. The molecular formula is C13H20N2O. The van der Waals surface area contributed by atoms with Gasteiger partial charge in [0, 0.05) is 26.2 Å². The van der Waals surface area contributed by atoms with Gasteiger partial charge < -0.3 is 15.7 Å². The molecule has 0 bridgehead atoms. The van der Waals surface area contributed by atoms with E-state index in [9.17, 15) is 0 Å². The number of aliphatic hydroxyl groups is 1. The standard InChI is InChI=1S/C13H20N2O/c16-12-11-15-10-9-14-8-4-7-13-5-2-1-3-6-13/h1-7,14-16H,8-12H2/b7-4+. The van der Waals surface area contributed by atoms with Gasteiger partial charge in [0.15, 0.2) is 0 Å². The van der Waals surface area contributed by atoms with Gasteiger partial charge in [0.25, 0.3) is 0 Å². The smallest absolute Gasteiger partial charge is 0.0555 e. The summed E-state index contributed by atoms with van der Waals surface area (Å²) in [7, 11) is 0. The van der Waals surface area contributed by atoms with Crippen molar-refractivity contribution in [2.75, 3.05) is 32.8 Å². The Morgan fingerprint density at radius 2 is 1.75 bits per heavy atom. The molecule has 3 heteroatoms. The lowest BCUT2D eigenvalue weighted by Crippen LogP contribution is -2.29. The minimum absolute atomic E-state index is 0.202. The van der Waals surface area contributed by atoms with Crippen molar-refractivity contribution in [3.8, 4) is 0 Å². The van der Waals surface area contributed by atoms with Crippen LogP contribution in [-0.4, -0.2) is 37.9 Å². The summed E-state index contributed by atoms with van der Waals surface area (Å²) in [5.41, 5.74) is 1.22. The Labute approximate surface area is 97.2 Å². The second-order valence-electron chi connectivity index (χ2n) is 3.49. The van der Waals surface area contributed by atoms with Gasteiger partial charge in [-0.05, 0) is 5.56 Å². The third-order valence-corrected chi connectivity index (χ3v) is 2.14. The van der Waals surface area contributed by atoms with Crippen molar-refractivity contribution in [3.63, 3.8) is 0 Å². The van der Waals surface area contributed by atoms with Gasteiger partial charge in [0.05, 0.1) is 6.61 Å². The quantitative estimate of drug-likeness (QED) is 0.570. The summed E-state index contributed by atoms with van der Waals surface area (Å²) < 4.78 is 0. The fourth-order valence-electron chi connectivity index (χ4n) is 1.33. The van der Waals surface area contributed by atoms with Crippen molar-refractivity contribution in [1.29, 1.82) is 0 Å². The number of nitrogens with one attached hydrogen (secondary N) is 2. The van der Waals surface area contributed by atoms with E-state index in [2.05, 4.69) is 34.9 Å². The Kier molecular flexibility index (Phi) is 7.34. The van der Waals surface area contributed by atoms with E-state index < -0.39 is 0 Å². The third kappa shape index (κ3) is 6.35. The molecule has 0 saturated carbocycles. The molecule has 0 aliphatic rings. The Morgan fingerprint density at radius 3 is 2.50 bits per heavy atom. The van der Waals surface area contributed by atoms with Gasteiger partial charge in [-0.1, -0.05) is 42.5 Å². The number of rotatable bonds is 8. The highest BCUT2D eigenvalue weighted by atomic mass is 16.3.